The molecule has 0 aliphatic heterocycles. The molecule has 1 unspecified atom stereocenters. The Hall–Kier alpha value is -0.480. The molecule has 0 saturated heterocycles. The summed E-state index contributed by atoms with van der Waals surface area (Å²) in [6.07, 6.45) is 0.548. The fourth-order valence-corrected chi connectivity index (χ4v) is 2.86. The molecule has 0 aliphatic rings. The zero-order valence-electron chi connectivity index (χ0n) is 12.0. The maximum absolute atomic E-state index is 11.8. The van der Waals surface area contributed by atoms with Gasteiger partial charge < -0.3 is 5.32 Å². The molecule has 1 aromatic carbocycles. The Morgan fingerprint density at radius 2 is 2.00 bits per heavy atom. The van der Waals surface area contributed by atoms with Crippen LogP contribution in [0.1, 0.15) is 34.1 Å². The normalized spacial score (nSPS) is 13.1. The largest absolute Gasteiger partial charge is 0.353 e. The molecule has 1 rings (SSSR count). The van der Waals surface area contributed by atoms with Crippen molar-refractivity contribution < 1.29 is 4.79 Å². The first-order valence-corrected chi connectivity index (χ1v) is 8.25. The van der Waals surface area contributed by atoms with Crippen LogP contribution in [-0.2, 0) is 4.79 Å². The summed E-state index contributed by atoms with van der Waals surface area (Å²) in [5.41, 5.74) is 0.102. The Balaban J connectivity index is 2.34. The smallest absolute Gasteiger partial charge is 0.221 e. The number of rotatable bonds is 5. The van der Waals surface area contributed by atoms with Gasteiger partial charge in [-0.1, -0.05) is 32.9 Å². The van der Waals surface area contributed by atoms with Crippen LogP contribution in [0, 0.1) is 5.41 Å². The third-order valence-corrected chi connectivity index (χ3v) is 5.13. The fraction of sp³-hybridized carbons (Fsp3) is 0.533. The quantitative estimate of drug-likeness (QED) is 0.798. The summed E-state index contributed by atoms with van der Waals surface area (Å²) in [5.74, 6) is 0.924. The van der Waals surface area contributed by atoms with Gasteiger partial charge in [0.25, 0.3) is 0 Å². The van der Waals surface area contributed by atoms with E-state index in [0.717, 1.165) is 10.2 Å². The lowest BCUT2D eigenvalue weighted by Crippen LogP contribution is -2.41. The van der Waals surface area contributed by atoms with Crippen LogP contribution in [0.15, 0.2) is 33.6 Å². The Bertz CT molecular complexity index is 428. The van der Waals surface area contributed by atoms with Crippen molar-refractivity contribution in [3.63, 3.8) is 0 Å². The summed E-state index contributed by atoms with van der Waals surface area (Å²) < 4.78 is 1.09. The number of nitrogens with one attached hydrogen (secondary N) is 1. The van der Waals surface area contributed by atoms with E-state index < -0.39 is 0 Å². The molecule has 0 bridgehead atoms. The van der Waals surface area contributed by atoms with Gasteiger partial charge in [0, 0.05) is 27.6 Å². The second kappa shape index (κ2) is 7.34. The van der Waals surface area contributed by atoms with Crippen LogP contribution in [0.3, 0.4) is 0 Å². The molecule has 2 nitrogen and oxygen atoms in total. The van der Waals surface area contributed by atoms with Crippen LogP contribution in [0.4, 0.5) is 0 Å². The number of carbonyl (C=O) groups is 1. The molecule has 0 spiro atoms. The molecule has 1 aromatic rings. The lowest BCUT2D eigenvalue weighted by atomic mass is 9.88. The van der Waals surface area contributed by atoms with Crippen LogP contribution in [0.2, 0.25) is 0 Å². The van der Waals surface area contributed by atoms with Gasteiger partial charge in [0.05, 0.1) is 0 Å². The highest BCUT2D eigenvalue weighted by atomic mass is 79.9. The third kappa shape index (κ3) is 6.00. The van der Waals surface area contributed by atoms with E-state index in [2.05, 4.69) is 55.0 Å². The van der Waals surface area contributed by atoms with Crippen LogP contribution >= 0.6 is 27.7 Å². The standard InChI is InChI=1S/C15H22BrNOS/c1-11(15(2,3)4)17-14(18)9-10-19-13-8-6-5-7-12(13)16/h5-8,11H,9-10H2,1-4H3,(H,17,18). The summed E-state index contributed by atoms with van der Waals surface area (Å²) >= 11 is 5.21. The van der Waals surface area contributed by atoms with Gasteiger partial charge in [-0.25, -0.2) is 0 Å². The van der Waals surface area contributed by atoms with E-state index in [1.54, 1.807) is 11.8 Å². The molecule has 0 saturated carbocycles. The van der Waals surface area contributed by atoms with Gasteiger partial charge in [-0.2, -0.15) is 0 Å². The minimum absolute atomic E-state index is 0.102. The van der Waals surface area contributed by atoms with Crippen LogP contribution in [0.25, 0.3) is 0 Å². The van der Waals surface area contributed by atoms with Crippen LogP contribution in [-0.4, -0.2) is 17.7 Å². The maximum atomic E-state index is 11.8. The number of thioether (sulfide) groups is 1. The highest BCUT2D eigenvalue weighted by Gasteiger charge is 2.21. The first-order valence-electron chi connectivity index (χ1n) is 6.47. The molecule has 1 atom stereocenters. The van der Waals surface area contributed by atoms with Crippen molar-refractivity contribution >= 4 is 33.6 Å². The van der Waals surface area contributed by atoms with Gasteiger partial charge in [-0.05, 0) is 40.4 Å². The molecule has 1 amide bonds. The maximum Gasteiger partial charge on any atom is 0.221 e. The Kier molecular flexibility index (Phi) is 6.40. The Morgan fingerprint density at radius 1 is 1.37 bits per heavy atom. The van der Waals surface area contributed by atoms with E-state index in [0.29, 0.717) is 6.42 Å². The number of amides is 1. The van der Waals surface area contributed by atoms with Gasteiger partial charge >= 0.3 is 0 Å². The molecular formula is C15H22BrNOS. The molecule has 1 N–H and O–H groups in total. The second-order valence-electron chi connectivity index (χ2n) is 5.68. The molecule has 4 heteroatoms. The number of carbonyl (C=O) groups excluding carboxylic acids is 1. The van der Waals surface area contributed by atoms with Crippen molar-refractivity contribution in [3.8, 4) is 0 Å². The fourth-order valence-electron chi connectivity index (χ4n) is 1.35. The third-order valence-electron chi connectivity index (χ3n) is 3.10. The van der Waals surface area contributed by atoms with Crippen molar-refractivity contribution in [2.45, 2.75) is 45.1 Å². The SMILES string of the molecule is CC(NC(=O)CCSc1ccccc1Br)C(C)(C)C. The number of benzene rings is 1. The summed E-state index contributed by atoms with van der Waals surface area (Å²) in [4.78, 5) is 13.0. The van der Waals surface area contributed by atoms with Crippen molar-refractivity contribution in [1.82, 2.24) is 5.32 Å². The first-order chi connectivity index (χ1) is 8.80. The predicted octanol–water partition coefficient (Wildman–Crippen LogP) is 4.48. The second-order valence-corrected chi connectivity index (χ2v) is 7.68. The van der Waals surface area contributed by atoms with E-state index in [-0.39, 0.29) is 17.4 Å². The minimum atomic E-state index is 0.102. The molecule has 0 aromatic heterocycles. The highest BCUT2D eigenvalue weighted by molar-refractivity contribution is 9.10. The summed E-state index contributed by atoms with van der Waals surface area (Å²) in [6.45, 7) is 8.45. The summed E-state index contributed by atoms with van der Waals surface area (Å²) in [6, 6.07) is 8.27. The topological polar surface area (TPSA) is 29.1 Å². The monoisotopic (exact) mass is 343 g/mol. The van der Waals surface area contributed by atoms with E-state index in [4.69, 9.17) is 0 Å². The van der Waals surface area contributed by atoms with Gasteiger partial charge in [-0.15, -0.1) is 11.8 Å². The van der Waals surface area contributed by atoms with E-state index in [9.17, 15) is 4.79 Å². The zero-order valence-corrected chi connectivity index (χ0v) is 14.4. The molecule has 0 aliphatic carbocycles. The summed E-state index contributed by atoms with van der Waals surface area (Å²) in [7, 11) is 0. The first kappa shape index (κ1) is 16.6. The van der Waals surface area contributed by atoms with Gasteiger partial charge in [0.15, 0.2) is 0 Å². The molecule has 19 heavy (non-hydrogen) atoms. The number of halogens is 1. The van der Waals surface area contributed by atoms with Gasteiger partial charge in [0.2, 0.25) is 5.91 Å². The highest BCUT2D eigenvalue weighted by Crippen LogP contribution is 2.27. The Morgan fingerprint density at radius 3 is 2.58 bits per heavy atom. The van der Waals surface area contributed by atoms with Crippen molar-refractivity contribution in [1.29, 1.82) is 0 Å². The average Bonchev–Trinajstić information content (AvgIpc) is 2.30. The summed E-state index contributed by atoms with van der Waals surface area (Å²) in [5, 5.41) is 3.06. The lowest BCUT2D eigenvalue weighted by molar-refractivity contribution is -0.121. The van der Waals surface area contributed by atoms with Crippen molar-refractivity contribution in [2.24, 2.45) is 5.41 Å². The minimum Gasteiger partial charge on any atom is -0.353 e. The molecular weight excluding hydrogens is 322 g/mol. The molecule has 106 valence electrons. The van der Waals surface area contributed by atoms with Crippen molar-refractivity contribution in [2.75, 3.05) is 5.75 Å². The van der Waals surface area contributed by atoms with E-state index in [1.165, 1.54) is 4.90 Å². The predicted molar refractivity (Wildman–Crippen MR) is 86.5 cm³/mol. The van der Waals surface area contributed by atoms with E-state index in [1.807, 2.05) is 18.2 Å². The van der Waals surface area contributed by atoms with Crippen LogP contribution < -0.4 is 5.32 Å². The van der Waals surface area contributed by atoms with Gasteiger partial charge in [-0.3, -0.25) is 4.79 Å². The number of hydrogen-bond donors (Lipinski definition) is 1. The lowest BCUT2D eigenvalue weighted by Gasteiger charge is -2.28. The Labute approximate surface area is 128 Å². The molecule has 0 heterocycles. The zero-order chi connectivity index (χ0) is 14.5. The van der Waals surface area contributed by atoms with Gasteiger partial charge in [0.1, 0.15) is 0 Å². The number of hydrogen-bond acceptors (Lipinski definition) is 2. The molecule has 0 radical (unpaired) electrons. The van der Waals surface area contributed by atoms with Crippen molar-refractivity contribution in [3.05, 3.63) is 28.7 Å². The molecule has 0 fully saturated rings. The average molecular weight is 344 g/mol. The van der Waals surface area contributed by atoms with E-state index >= 15 is 0 Å². The van der Waals surface area contributed by atoms with Crippen LogP contribution in [0.5, 0.6) is 0 Å².